The van der Waals surface area contributed by atoms with Crippen LogP contribution in [0.4, 0.5) is 10.2 Å². The average Bonchev–Trinajstić information content (AvgIpc) is 2.26. The molecule has 6 heteroatoms. The number of aromatic amines is 1. The van der Waals surface area contributed by atoms with Crippen LogP contribution in [-0.2, 0) is 6.54 Å². The Kier molecular flexibility index (Phi) is 3.06. The van der Waals surface area contributed by atoms with Gasteiger partial charge in [0.2, 0.25) is 0 Å². The van der Waals surface area contributed by atoms with Gasteiger partial charge in [-0.25, -0.2) is 4.39 Å². The number of nitrogens with one attached hydrogen (secondary N) is 1. The largest absolute Gasteiger partial charge is 0.385 e. The van der Waals surface area contributed by atoms with Crippen molar-refractivity contribution in [3.8, 4) is 0 Å². The molecule has 0 radical (unpaired) electrons. The summed E-state index contributed by atoms with van der Waals surface area (Å²) in [6, 6.07) is 7.27. The standard InChI is InChI=1S/C11H10FN3OS/c12-8-3-1-7(2-4-8)6-15-9(13)5-10(16)14-11(15)17/h1-5H,6,13H2,(H,14,16,17)/i11+2. The fourth-order valence-electron chi connectivity index (χ4n) is 1.47. The number of aromatic nitrogens is 2. The zero-order chi connectivity index (χ0) is 12.4. The van der Waals surface area contributed by atoms with E-state index in [1.807, 2.05) is 0 Å². The van der Waals surface area contributed by atoms with Crippen molar-refractivity contribution >= 4 is 18.0 Å². The number of hydrogen-bond donors (Lipinski definition) is 2. The first-order chi connectivity index (χ1) is 8.06. The smallest absolute Gasteiger partial charge is 0.253 e. The molecular formula is C11H10FN3OS. The van der Waals surface area contributed by atoms with Crippen LogP contribution in [0.25, 0.3) is 0 Å². The van der Waals surface area contributed by atoms with Crippen LogP contribution in [0.15, 0.2) is 35.1 Å². The molecule has 0 aliphatic heterocycles. The summed E-state index contributed by atoms with van der Waals surface area (Å²) in [6.45, 7) is 0.391. The molecule has 1 heterocycles. The number of anilines is 1. The van der Waals surface area contributed by atoms with Crippen molar-refractivity contribution in [2.75, 3.05) is 5.73 Å². The van der Waals surface area contributed by atoms with Gasteiger partial charge in [-0.2, -0.15) is 0 Å². The molecule has 0 spiro atoms. The van der Waals surface area contributed by atoms with Crippen LogP contribution in [0.3, 0.4) is 0 Å². The summed E-state index contributed by atoms with van der Waals surface area (Å²) < 4.78 is 14.6. The van der Waals surface area contributed by atoms with E-state index in [2.05, 4.69) is 4.98 Å². The number of hydrogen-bond acceptors (Lipinski definition) is 3. The number of H-pyrrole nitrogens is 1. The quantitative estimate of drug-likeness (QED) is 0.800. The lowest BCUT2D eigenvalue weighted by atomic mass is 10.2. The predicted molar refractivity (Wildman–Crippen MR) is 65.8 cm³/mol. The molecule has 3 N–H and O–H groups in total. The number of nitrogens with two attached hydrogens (primary N) is 1. The molecule has 17 heavy (non-hydrogen) atoms. The number of benzene rings is 1. The minimum Gasteiger partial charge on any atom is -0.385 e. The first-order valence-electron chi connectivity index (χ1n) is 4.90. The van der Waals surface area contributed by atoms with E-state index in [0.29, 0.717) is 6.54 Å². The van der Waals surface area contributed by atoms with Crippen LogP contribution in [0.5, 0.6) is 0 Å². The minimum absolute atomic E-state index is 0.249. The summed E-state index contributed by atoms with van der Waals surface area (Å²) >= 11 is 5.01. The van der Waals surface area contributed by atoms with Gasteiger partial charge in [0.25, 0.3) is 5.56 Å². The molecule has 0 saturated heterocycles. The molecule has 88 valence electrons. The molecule has 0 fully saturated rings. The molecule has 4 nitrogen and oxygen atoms in total. The van der Waals surface area contributed by atoms with Gasteiger partial charge in [0.15, 0.2) is 4.77 Å². The van der Waals surface area contributed by atoms with E-state index in [9.17, 15) is 9.18 Å². The maximum absolute atomic E-state index is 12.7. The topological polar surface area (TPSA) is 63.8 Å². The van der Waals surface area contributed by atoms with Crippen molar-refractivity contribution in [2.45, 2.75) is 6.54 Å². The second-order valence-electron chi connectivity index (χ2n) is 3.58. The highest BCUT2D eigenvalue weighted by atomic mass is 32.1. The van der Waals surface area contributed by atoms with Gasteiger partial charge in [-0.05, 0) is 29.9 Å². The summed E-state index contributed by atoms with van der Waals surface area (Å²) in [5.74, 6) is -0.0186. The maximum atomic E-state index is 12.7. The molecule has 0 amide bonds. The van der Waals surface area contributed by atoms with E-state index in [0.717, 1.165) is 5.56 Å². The van der Waals surface area contributed by atoms with Crippen molar-refractivity contribution in [1.29, 1.82) is 0 Å². The van der Waals surface area contributed by atoms with Gasteiger partial charge in [0.1, 0.15) is 11.6 Å². The zero-order valence-electron chi connectivity index (χ0n) is 8.81. The van der Waals surface area contributed by atoms with Gasteiger partial charge in [-0.1, -0.05) is 12.1 Å². The Morgan fingerprint density at radius 3 is 2.65 bits per heavy atom. The van der Waals surface area contributed by atoms with Gasteiger partial charge in [0, 0.05) is 6.07 Å². The number of nitrogens with zero attached hydrogens (tertiary/aromatic N) is 1. The summed E-state index contributed by atoms with van der Waals surface area (Å²) in [5, 5.41) is 0. The molecular weight excluding hydrogens is 243 g/mol. The first-order valence-corrected chi connectivity index (χ1v) is 5.31. The molecule has 0 atom stereocenters. The second-order valence-corrected chi connectivity index (χ2v) is 3.96. The fourth-order valence-corrected chi connectivity index (χ4v) is 1.74. The van der Waals surface area contributed by atoms with Crippen molar-refractivity contribution in [3.63, 3.8) is 0 Å². The van der Waals surface area contributed by atoms with E-state index in [-0.39, 0.29) is 22.0 Å². The molecule has 0 bridgehead atoms. The monoisotopic (exact) mass is 253 g/mol. The Hall–Kier alpha value is -1.95. The van der Waals surface area contributed by atoms with Crippen molar-refractivity contribution in [2.24, 2.45) is 0 Å². The number of rotatable bonds is 2. The lowest BCUT2D eigenvalue weighted by Crippen LogP contribution is -2.16. The molecule has 2 rings (SSSR count). The fraction of sp³-hybridized carbons (Fsp3) is 0.0909. The highest BCUT2D eigenvalue weighted by molar-refractivity contribution is 7.71. The van der Waals surface area contributed by atoms with Crippen LogP contribution >= 0.6 is 12.2 Å². The summed E-state index contributed by atoms with van der Waals surface area (Å²) in [5.41, 5.74) is 6.22. The maximum Gasteiger partial charge on any atom is 0.253 e. The average molecular weight is 253 g/mol. The lowest BCUT2D eigenvalue weighted by molar-refractivity contribution is 0.626. The molecule has 0 aliphatic rings. The Labute approximate surface area is 102 Å². The molecule has 1 aromatic carbocycles. The first kappa shape index (κ1) is 11.5. The van der Waals surface area contributed by atoms with E-state index < -0.39 is 0 Å². The summed E-state index contributed by atoms with van der Waals surface area (Å²) in [6.07, 6.45) is 0. The van der Waals surface area contributed by atoms with Gasteiger partial charge in [-0.15, -0.1) is 0 Å². The van der Waals surface area contributed by atoms with Crippen LogP contribution in [0, 0.1) is 10.6 Å². The molecule has 2 aromatic rings. The van der Waals surface area contributed by atoms with Gasteiger partial charge in [-0.3, -0.25) is 9.78 Å². The van der Waals surface area contributed by atoms with Gasteiger partial charge >= 0.3 is 0 Å². The lowest BCUT2D eigenvalue weighted by Gasteiger charge is -2.09. The Balaban J connectivity index is 2.40. The Morgan fingerprint density at radius 2 is 2.06 bits per heavy atom. The van der Waals surface area contributed by atoms with Crippen molar-refractivity contribution in [1.82, 2.24) is 9.55 Å². The van der Waals surface area contributed by atoms with Crippen LogP contribution in [0.2, 0.25) is 0 Å². The van der Waals surface area contributed by atoms with Crippen molar-refractivity contribution in [3.05, 3.63) is 56.8 Å². The minimum atomic E-state index is -0.331. The Morgan fingerprint density at radius 1 is 1.41 bits per heavy atom. The Bertz CT molecular complexity index is 645. The third-order valence-corrected chi connectivity index (χ3v) is 2.64. The SMILES string of the molecule is Nc1cc(=O)[nH][14c](=S)n1Cc1ccc(F)cc1. The molecule has 1 aromatic heterocycles. The zero-order valence-corrected chi connectivity index (χ0v) is 9.63. The predicted octanol–water partition coefficient (Wildman–Crippen LogP) is 1.68. The van der Waals surface area contributed by atoms with Crippen LogP contribution in [0.1, 0.15) is 5.56 Å². The van der Waals surface area contributed by atoms with Crippen molar-refractivity contribution < 1.29 is 4.39 Å². The summed E-state index contributed by atoms with van der Waals surface area (Å²) in [7, 11) is 0. The van der Waals surface area contributed by atoms with Gasteiger partial charge in [0.05, 0.1) is 6.54 Å². The molecule has 0 unspecified atom stereocenters. The molecule has 0 aliphatic carbocycles. The normalized spacial score (nSPS) is 10.4. The van der Waals surface area contributed by atoms with E-state index in [1.165, 1.54) is 18.2 Å². The van der Waals surface area contributed by atoms with E-state index >= 15 is 0 Å². The third kappa shape index (κ3) is 2.59. The number of nitrogen functional groups attached to an aromatic ring is 1. The van der Waals surface area contributed by atoms with E-state index in [4.69, 9.17) is 18.0 Å². The van der Waals surface area contributed by atoms with Gasteiger partial charge < -0.3 is 10.3 Å². The second kappa shape index (κ2) is 4.50. The molecule has 0 saturated carbocycles. The number of halogens is 1. The van der Waals surface area contributed by atoms with Crippen LogP contribution in [-0.4, -0.2) is 9.55 Å². The summed E-state index contributed by atoms with van der Waals surface area (Å²) in [4.78, 5) is 13.6. The van der Waals surface area contributed by atoms with Crippen LogP contribution < -0.4 is 11.3 Å². The van der Waals surface area contributed by atoms with E-state index in [1.54, 1.807) is 16.7 Å². The highest BCUT2D eigenvalue weighted by Gasteiger charge is 2.01. The highest BCUT2D eigenvalue weighted by Crippen LogP contribution is 2.08. The third-order valence-electron chi connectivity index (χ3n) is 2.32.